The van der Waals surface area contributed by atoms with Crippen molar-refractivity contribution in [3.05, 3.63) is 35.1 Å². The highest BCUT2D eigenvalue weighted by molar-refractivity contribution is 5.70. The van der Waals surface area contributed by atoms with Gasteiger partial charge in [0.05, 0.1) is 12.3 Å². The van der Waals surface area contributed by atoms with Crippen LogP contribution in [0.25, 0.3) is 11.3 Å². The molecule has 1 aliphatic rings. The first kappa shape index (κ1) is 17.7. The Bertz CT molecular complexity index is 754. The Hall–Kier alpha value is -2.09. The zero-order chi connectivity index (χ0) is 18.1. The smallest absolute Gasteiger partial charge is 0.194 e. The normalized spacial score (nSPS) is 20.2. The molecule has 1 heterocycles. The molecule has 0 bridgehead atoms. The van der Waals surface area contributed by atoms with E-state index in [0.717, 1.165) is 12.1 Å². The molecule has 2 aromatic rings. The van der Waals surface area contributed by atoms with Crippen LogP contribution >= 0.6 is 0 Å². The Morgan fingerprint density at radius 3 is 2.48 bits per heavy atom. The molecule has 0 amide bonds. The topological polar surface area (TPSA) is 39.1 Å². The van der Waals surface area contributed by atoms with Crippen molar-refractivity contribution in [2.45, 2.75) is 38.1 Å². The van der Waals surface area contributed by atoms with Gasteiger partial charge in [0.1, 0.15) is 6.17 Å². The molecule has 1 N–H and O–H groups in total. The molecule has 1 aromatic heterocycles. The Kier molecular flexibility index (Phi) is 4.99. The minimum Gasteiger partial charge on any atom is -0.380 e. The maximum atomic E-state index is 13.6. The fraction of sp³-hybridized carbons (Fsp3) is 0.471. The number of hydrogen-bond acceptors (Lipinski definition) is 3. The Balaban J connectivity index is 2.01. The predicted molar refractivity (Wildman–Crippen MR) is 85.4 cm³/mol. The number of ether oxygens (including phenoxy) is 1. The SMILES string of the molecule is COCc1c(N[C@H]2CC[C@@H](F)C2)nn(C)c1-c1cc(F)c(F)c(F)c1. The minimum absolute atomic E-state index is 0.0601. The highest BCUT2D eigenvalue weighted by Gasteiger charge is 2.27. The van der Waals surface area contributed by atoms with Crippen molar-refractivity contribution in [3.63, 3.8) is 0 Å². The van der Waals surface area contributed by atoms with Crippen molar-refractivity contribution in [3.8, 4) is 11.3 Å². The Morgan fingerprint density at radius 2 is 1.92 bits per heavy atom. The number of hydrogen-bond donors (Lipinski definition) is 1. The van der Waals surface area contributed by atoms with E-state index < -0.39 is 23.6 Å². The molecule has 1 saturated carbocycles. The first-order chi connectivity index (χ1) is 11.9. The molecular formula is C17H19F4N3O. The van der Waals surface area contributed by atoms with Crippen LogP contribution in [0.3, 0.4) is 0 Å². The third-order valence-electron chi connectivity index (χ3n) is 4.40. The maximum Gasteiger partial charge on any atom is 0.194 e. The number of rotatable bonds is 5. The molecule has 1 aromatic carbocycles. The molecule has 0 aliphatic heterocycles. The summed E-state index contributed by atoms with van der Waals surface area (Å²) in [6, 6.07) is 1.78. The lowest BCUT2D eigenvalue weighted by Crippen LogP contribution is -2.17. The highest BCUT2D eigenvalue weighted by atomic mass is 19.2. The van der Waals surface area contributed by atoms with Gasteiger partial charge in [0.2, 0.25) is 0 Å². The first-order valence-corrected chi connectivity index (χ1v) is 8.01. The van der Waals surface area contributed by atoms with Crippen LogP contribution in [0.4, 0.5) is 23.4 Å². The quantitative estimate of drug-likeness (QED) is 0.650. The van der Waals surface area contributed by atoms with Crippen LogP contribution in [0.2, 0.25) is 0 Å². The van der Waals surface area contributed by atoms with Crippen LogP contribution in [0.1, 0.15) is 24.8 Å². The summed E-state index contributed by atoms with van der Waals surface area (Å²) >= 11 is 0. The van der Waals surface area contributed by atoms with E-state index in [9.17, 15) is 17.6 Å². The summed E-state index contributed by atoms with van der Waals surface area (Å²) in [5, 5.41) is 7.52. The van der Waals surface area contributed by atoms with E-state index in [-0.39, 0.29) is 18.2 Å². The molecule has 25 heavy (non-hydrogen) atoms. The van der Waals surface area contributed by atoms with E-state index >= 15 is 0 Å². The molecule has 0 radical (unpaired) electrons. The monoisotopic (exact) mass is 357 g/mol. The van der Waals surface area contributed by atoms with Crippen LogP contribution < -0.4 is 5.32 Å². The molecule has 3 rings (SSSR count). The molecule has 1 aliphatic carbocycles. The standard InChI is InChI=1S/C17H19F4N3O/c1-24-16(9-5-13(19)15(21)14(20)6-9)12(8-25-2)17(23-24)22-11-4-3-10(18)7-11/h5-6,10-11H,3-4,7-8H2,1-2H3,(H,22,23)/t10-,11+/m1/s1. The number of aryl methyl sites for hydroxylation is 1. The van der Waals surface area contributed by atoms with E-state index in [1.165, 1.54) is 11.8 Å². The van der Waals surface area contributed by atoms with Gasteiger partial charge < -0.3 is 10.1 Å². The largest absolute Gasteiger partial charge is 0.380 e. The van der Waals surface area contributed by atoms with Crippen molar-refractivity contribution in [2.75, 3.05) is 12.4 Å². The number of benzene rings is 1. The van der Waals surface area contributed by atoms with Crippen LogP contribution in [0, 0.1) is 17.5 Å². The average molecular weight is 357 g/mol. The van der Waals surface area contributed by atoms with Gasteiger partial charge in [0, 0.05) is 31.3 Å². The Labute approximate surface area is 142 Å². The van der Waals surface area contributed by atoms with E-state index in [2.05, 4.69) is 10.4 Å². The predicted octanol–water partition coefficient (Wildman–Crippen LogP) is 3.95. The number of nitrogens with zero attached hydrogens (tertiary/aromatic N) is 2. The molecule has 0 saturated heterocycles. The van der Waals surface area contributed by atoms with Crippen LogP contribution in [-0.4, -0.2) is 29.1 Å². The first-order valence-electron chi connectivity index (χ1n) is 8.01. The number of methoxy groups -OCH3 is 1. The molecule has 0 spiro atoms. The van der Waals surface area contributed by atoms with Crippen LogP contribution in [-0.2, 0) is 18.4 Å². The van der Waals surface area contributed by atoms with Gasteiger partial charge in [0.25, 0.3) is 0 Å². The molecule has 2 atom stereocenters. The van der Waals surface area contributed by atoms with E-state index in [1.54, 1.807) is 7.05 Å². The minimum atomic E-state index is -1.52. The van der Waals surface area contributed by atoms with Crippen molar-refractivity contribution in [1.29, 1.82) is 0 Å². The van der Waals surface area contributed by atoms with Gasteiger partial charge in [-0.15, -0.1) is 0 Å². The van der Waals surface area contributed by atoms with Gasteiger partial charge in [-0.3, -0.25) is 4.68 Å². The Morgan fingerprint density at radius 1 is 1.24 bits per heavy atom. The molecule has 8 heteroatoms. The van der Waals surface area contributed by atoms with Gasteiger partial charge >= 0.3 is 0 Å². The van der Waals surface area contributed by atoms with Gasteiger partial charge in [-0.1, -0.05) is 0 Å². The lowest BCUT2D eigenvalue weighted by atomic mass is 10.1. The number of anilines is 1. The second-order valence-electron chi connectivity index (χ2n) is 6.24. The molecule has 4 nitrogen and oxygen atoms in total. The zero-order valence-electron chi connectivity index (χ0n) is 14.0. The highest BCUT2D eigenvalue weighted by Crippen LogP contribution is 2.33. The number of alkyl halides is 1. The summed E-state index contributed by atoms with van der Waals surface area (Å²) in [7, 11) is 3.10. The van der Waals surface area contributed by atoms with E-state index in [4.69, 9.17) is 4.74 Å². The van der Waals surface area contributed by atoms with Crippen molar-refractivity contribution in [1.82, 2.24) is 9.78 Å². The van der Waals surface area contributed by atoms with Crippen molar-refractivity contribution < 1.29 is 22.3 Å². The second kappa shape index (κ2) is 7.03. The maximum absolute atomic E-state index is 13.6. The summed E-state index contributed by atoms with van der Waals surface area (Å²) in [6.07, 6.45) is 0.717. The fourth-order valence-electron chi connectivity index (χ4n) is 3.27. The lowest BCUT2D eigenvalue weighted by molar-refractivity contribution is 0.185. The van der Waals surface area contributed by atoms with Gasteiger partial charge in [-0.2, -0.15) is 5.10 Å². The summed E-state index contributed by atoms with van der Waals surface area (Å²) in [6.45, 7) is 0.137. The third-order valence-corrected chi connectivity index (χ3v) is 4.40. The zero-order valence-corrected chi connectivity index (χ0v) is 14.0. The summed E-state index contributed by atoms with van der Waals surface area (Å²) in [5.41, 5.74) is 1.15. The molecule has 136 valence electrons. The van der Waals surface area contributed by atoms with Crippen molar-refractivity contribution >= 4 is 5.82 Å². The average Bonchev–Trinajstić information content (AvgIpc) is 3.09. The molecular weight excluding hydrogens is 338 g/mol. The van der Waals surface area contributed by atoms with Gasteiger partial charge in [0.15, 0.2) is 23.3 Å². The number of halogens is 4. The lowest BCUT2D eigenvalue weighted by Gasteiger charge is -2.13. The number of nitrogens with one attached hydrogen (secondary N) is 1. The fourth-order valence-corrected chi connectivity index (χ4v) is 3.27. The van der Waals surface area contributed by atoms with Crippen molar-refractivity contribution in [2.24, 2.45) is 7.05 Å². The summed E-state index contributed by atoms with van der Waals surface area (Å²) in [4.78, 5) is 0. The van der Waals surface area contributed by atoms with E-state index in [0.29, 0.717) is 36.3 Å². The van der Waals surface area contributed by atoms with Crippen LogP contribution in [0.15, 0.2) is 12.1 Å². The van der Waals surface area contributed by atoms with Gasteiger partial charge in [-0.05, 0) is 31.4 Å². The third kappa shape index (κ3) is 3.49. The molecule has 0 unspecified atom stereocenters. The number of aromatic nitrogens is 2. The van der Waals surface area contributed by atoms with E-state index in [1.807, 2.05) is 0 Å². The second-order valence-corrected chi connectivity index (χ2v) is 6.24. The summed E-state index contributed by atoms with van der Waals surface area (Å²) in [5.74, 6) is -3.59. The molecule has 1 fully saturated rings. The van der Waals surface area contributed by atoms with Crippen LogP contribution in [0.5, 0.6) is 0 Å². The van der Waals surface area contributed by atoms with Gasteiger partial charge in [-0.25, -0.2) is 17.6 Å². The summed E-state index contributed by atoms with van der Waals surface area (Å²) < 4.78 is 60.5.